The van der Waals surface area contributed by atoms with Crippen LogP contribution in [0.3, 0.4) is 0 Å². The number of hydrogen-bond donors (Lipinski definition) is 3. The van der Waals surface area contributed by atoms with E-state index in [9.17, 15) is 28.4 Å². The number of likely N-dealkylation sites (N-methyl/N-ethyl adjacent to an activating group) is 1. The minimum Gasteiger partial charge on any atom is -0.444 e. The van der Waals surface area contributed by atoms with Gasteiger partial charge in [-0.25, -0.2) is 9.18 Å². The summed E-state index contributed by atoms with van der Waals surface area (Å²) in [5, 5.41) is 5.47. The highest BCUT2D eigenvalue weighted by molar-refractivity contribution is 6.02. The van der Waals surface area contributed by atoms with Crippen molar-refractivity contribution < 1.29 is 37.8 Å². The number of hydrogen-bond acceptors (Lipinski definition) is 8. The van der Waals surface area contributed by atoms with Crippen LogP contribution in [0.2, 0.25) is 0 Å². The lowest BCUT2D eigenvalue weighted by Gasteiger charge is -2.36. The maximum atomic E-state index is 15.0. The van der Waals surface area contributed by atoms with E-state index in [0.717, 1.165) is 16.5 Å². The van der Waals surface area contributed by atoms with Crippen molar-refractivity contribution in [1.82, 2.24) is 15.1 Å². The Labute approximate surface area is 280 Å². The summed E-state index contributed by atoms with van der Waals surface area (Å²) in [4.78, 5) is 69.9. The highest BCUT2D eigenvalue weighted by Crippen LogP contribution is 2.36. The molecule has 0 radical (unpaired) electrons. The third-order valence-corrected chi connectivity index (χ3v) is 8.63. The van der Waals surface area contributed by atoms with Crippen LogP contribution in [0.5, 0.6) is 0 Å². The molecule has 4 amide bonds. The quantitative estimate of drug-likeness (QED) is 0.304. The molecule has 0 aliphatic carbocycles. The highest BCUT2D eigenvalue weighted by atomic mass is 19.1. The third kappa shape index (κ3) is 8.75. The van der Waals surface area contributed by atoms with E-state index in [1.807, 2.05) is 0 Å². The summed E-state index contributed by atoms with van der Waals surface area (Å²) in [5.74, 6) is -3.02. The molecule has 0 unspecified atom stereocenters. The Kier molecular flexibility index (Phi) is 11.9. The molecular formula is C35H46FN5O7. The number of benzene rings is 2. The van der Waals surface area contributed by atoms with E-state index < -0.39 is 53.4 Å². The number of halogens is 1. The van der Waals surface area contributed by atoms with Gasteiger partial charge in [-0.15, -0.1) is 0 Å². The van der Waals surface area contributed by atoms with E-state index >= 15 is 0 Å². The van der Waals surface area contributed by atoms with E-state index in [2.05, 4.69) is 10.6 Å². The van der Waals surface area contributed by atoms with Crippen LogP contribution < -0.4 is 16.4 Å². The number of ether oxygens (including phenoxy) is 2. The first kappa shape index (κ1) is 36.5. The highest BCUT2D eigenvalue weighted by Gasteiger charge is 2.44. The second-order valence-electron chi connectivity index (χ2n) is 13.3. The Bertz CT molecular complexity index is 1520. The minimum absolute atomic E-state index is 0.0795. The second kappa shape index (κ2) is 15.7. The van der Waals surface area contributed by atoms with Crippen LogP contribution >= 0.6 is 0 Å². The Hall–Kier alpha value is -4.36. The average molecular weight is 668 g/mol. The van der Waals surface area contributed by atoms with Crippen LogP contribution in [-0.4, -0.2) is 83.9 Å². The zero-order valence-electron chi connectivity index (χ0n) is 28.2. The van der Waals surface area contributed by atoms with Crippen molar-refractivity contribution in [3.63, 3.8) is 0 Å². The molecule has 48 heavy (non-hydrogen) atoms. The summed E-state index contributed by atoms with van der Waals surface area (Å²) in [7, 11) is 1.45. The van der Waals surface area contributed by atoms with Crippen LogP contribution in [0.4, 0.5) is 14.9 Å². The van der Waals surface area contributed by atoms with Crippen molar-refractivity contribution in [2.45, 2.75) is 83.6 Å². The normalized spacial score (nSPS) is 17.6. The van der Waals surface area contributed by atoms with Crippen LogP contribution in [-0.2, 0) is 30.4 Å². The molecule has 1 fully saturated rings. The summed E-state index contributed by atoms with van der Waals surface area (Å²) in [5.41, 5.74) is 6.08. The summed E-state index contributed by atoms with van der Waals surface area (Å²) in [6.07, 6.45) is 0.929. The fourth-order valence-corrected chi connectivity index (χ4v) is 5.83. The first-order valence-electron chi connectivity index (χ1n) is 16.3. The average Bonchev–Trinajstić information content (AvgIpc) is 3.45. The number of carbonyl (C=O) groups excluding carboxylic acids is 5. The van der Waals surface area contributed by atoms with E-state index in [-0.39, 0.29) is 35.9 Å². The first-order valence-corrected chi connectivity index (χ1v) is 16.3. The van der Waals surface area contributed by atoms with E-state index in [1.54, 1.807) is 45.0 Å². The summed E-state index contributed by atoms with van der Waals surface area (Å²) in [6, 6.07) is 7.66. The van der Waals surface area contributed by atoms with Gasteiger partial charge in [0.15, 0.2) is 5.78 Å². The van der Waals surface area contributed by atoms with Gasteiger partial charge in [-0.1, -0.05) is 24.3 Å². The molecule has 4 N–H and O–H groups in total. The lowest BCUT2D eigenvalue weighted by molar-refractivity contribution is -0.144. The molecule has 0 saturated carbocycles. The fourth-order valence-electron chi connectivity index (χ4n) is 5.83. The summed E-state index contributed by atoms with van der Waals surface area (Å²) in [6.45, 7) is 7.89. The number of fused-ring (bicyclic) bond motifs is 1. The van der Waals surface area contributed by atoms with Gasteiger partial charge in [0.25, 0.3) is 5.91 Å². The Balaban J connectivity index is 1.61. The van der Waals surface area contributed by atoms with Crippen molar-refractivity contribution in [2.24, 2.45) is 11.7 Å². The van der Waals surface area contributed by atoms with E-state index in [0.29, 0.717) is 44.6 Å². The number of carbonyl (C=O) groups is 5. The van der Waals surface area contributed by atoms with Crippen LogP contribution in [0, 0.1) is 11.7 Å². The molecule has 13 heteroatoms. The largest absolute Gasteiger partial charge is 0.444 e. The fraction of sp³-hybridized carbons (Fsp3) is 0.514. The maximum absolute atomic E-state index is 15.0. The zero-order valence-corrected chi connectivity index (χ0v) is 28.2. The molecular weight excluding hydrogens is 621 g/mol. The molecule has 1 saturated heterocycles. The third-order valence-electron chi connectivity index (χ3n) is 8.63. The number of nitrogens with two attached hydrogens (primary N) is 1. The van der Waals surface area contributed by atoms with Gasteiger partial charge in [0, 0.05) is 38.8 Å². The van der Waals surface area contributed by atoms with Crippen LogP contribution in [0.15, 0.2) is 42.5 Å². The molecule has 4 rings (SSSR count). The Morgan fingerprint density at radius 3 is 2.46 bits per heavy atom. The lowest BCUT2D eigenvalue weighted by Crippen LogP contribution is -2.57. The molecule has 2 aromatic carbocycles. The SMILES string of the molecule is C[C@@H](C(=O)N[C@H](C(=O)N1Cc2ccccc2[C@H]1C(=O)Nc1cc(C(=O)CCCN)ccc1F)C1CCOCC1)N(C)C(=O)OC(C)(C)C. The number of nitrogens with zero attached hydrogens (tertiary/aromatic N) is 2. The van der Waals surface area contributed by atoms with Gasteiger partial charge in [-0.3, -0.25) is 24.1 Å². The predicted octanol–water partition coefficient (Wildman–Crippen LogP) is 3.94. The molecule has 260 valence electrons. The van der Waals surface area contributed by atoms with Gasteiger partial charge in [-0.05, 0) is 88.7 Å². The molecule has 0 spiro atoms. The molecule has 0 bridgehead atoms. The molecule has 12 nitrogen and oxygen atoms in total. The number of anilines is 1. The van der Waals surface area contributed by atoms with Gasteiger partial charge >= 0.3 is 6.09 Å². The van der Waals surface area contributed by atoms with Crippen molar-refractivity contribution in [3.8, 4) is 0 Å². The van der Waals surface area contributed by atoms with Gasteiger partial charge < -0.3 is 30.7 Å². The molecule has 2 aliphatic heterocycles. The molecule has 2 aromatic rings. The predicted molar refractivity (Wildman–Crippen MR) is 176 cm³/mol. The second-order valence-corrected chi connectivity index (χ2v) is 13.3. The Morgan fingerprint density at radius 2 is 1.79 bits per heavy atom. The first-order chi connectivity index (χ1) is 22.7. The topological polar surface area (TPSA) is 160 Å². The smallest absolute Gasteiger partial charge is 0.410 e. The summed E-state index contributed by atoms with van der Waals surface area (Å²) < 4.78 is 25.9. The van der Waals surface area contributed by atoms with E-state index in [1.165, 1.54) is 31.0 Å². The van der Waals surface area contributed by atoms with E-state index in [4.69, 9.17) is 15.2 Å². The lowest BCUT2D eigenvalue weighted by atomic mass is 9.90. The standard InChI is InChI=1S/C35H46FN5O7/c1-21(40(5)34(46)48-35(2,3)4)31(43)39-29(22-14-17-47-18-15-22)33(45)41-20-24-9-6-7-10-25(24)30(41)32(44)38-27-19-23(12-13-26(27)36)28(42)11-8-16-37/h6-7,9-10,12-13,19,21-22,29-30H,8,11,14-18,20,37H2,1-5H3,(H,38,44)(H,39,43)/t21-,29-,30-/m0/s1. The monoisotopic (exact) mass is 667 g/mol. The number of nitrogens with one attached hydrogen (secondary N) is 2. The Morgan fingerprint density at radius 1 is 1.10 bits per heavy atom. The molecule has 2 aliphatic rings. The molecule has 0 aromatic heterocycles. The van der Waals surface area contributed by atoms with Crippen LogP contribution in [0.1, 0.15) is 80.9 Å². The van der Waals surface area contributed by atoms with Gasteiger partial charge in [0.1, 0.15) is 29.5 Å². The van der Waals surface area contributed by atoms with Gasteiger partial charge in [0.05, 0.1) is 5.69 Å². The maximum Gasteiger partial charge on any atom is 0.410 e. The molecule has 3 atom stereocenters. The number of Topliss-reactive ketones (excluding diaryl/α,β-unsaturated/α-hetero) is 1. The van der Waals surface area contributed by atoms with Crippen LogP contribution in [0.25, 0.3) is 0 Å². The van der Waals surface area contributed by atoms with Crippen molar-refractivity contribution in [3.05, 3.63) is 65.0 Å². The number of rotatable bonds is 11. The van der Waals surface area contributed by atoms with Crippen molar-refractivity contribution in [1.29, 1.82) is 0 Å². The van der Waals surface area contributed by atoms with Crippen molar-refractivity contribution >= 4 is 35.3 Å². The summed E-state index contributed by atoms with van der Waals surface area (Å²) >= 11 is 0. The van der Waals surface area contributed by atoms with Gasteiger partial charge in [-0.2, -0.15) is 0 Å². The van der Waals surface area contributed by atoms with Crippen molar-refractivity contribution in [2.75, 3.05) is 32.1 Å². The number of amides is 4. The minimum atomic E-state index is -1.15. The number of ketones is 1. The molecule has 2 heterocycles. The van der Waals surface area contributed by atoms with Gasteiger partial charge in [0.2, 0.25) is 11.8 Å². The zero-order chi connectivity index (χ0) is 35.2.